The quantitative estimate of drug-likeness (QED) is 0.595. The van der Waals surface area contributed by atoms with Gasteiger partial charge in [0.2, 0.25) is 5.91 Å². The second kappa shape index (κ2) is 8.87. The summed E-state index contributed by atoms with van der Waals surface area (Å²) >= 11 is 0. The molecule has 4 rings (SSSR count). The largest absolute Gasteiger partial charge is 0.383 e. The maximum Gasteiger partial charge on any atom is 0.241 e. The van der Waals surface area contributed by atoms with Crippen LogP contribution in [-0.2, 0) is 16.1 Å². The molecule has 1 aliphatic rings. The Hall–Kier alpha value is -3.20. The van der Waals surface area contributed by atoms with Crippen molar-refractivity contribution in [3.8, 4) is 0 Å². The SMILES string of the molecule is COCCNC(=O)Cn1ncc2c(N3CCN(c4ccccc4)CC3)ncnc21. The van der Waals surface area contributed by atoms with Crippen LogP contribution in [0.5, 0.6) is 0 Å². The van der Waals surface area contributed by atoms with Crippen LogP contribution in [0.25, 0.3) is 11.0 Å². The number of amides is 1. The van der Waals surface area contributed by atoms with Gasteiger partial charge >= 0.3 is 0 Å². The number of anilines is 2. The van der Waals surface area contributed by atoms with Crippen molar-refractivity contribution < 1.29 is 9.53 Å². The van der Waals surface area contributed by atoms with Crippen LogP contribution < -0.4 is 15.1 Å². The zero-order chi connectivity index (χ0) is 20.1. The molecule has 1 N–H and O–H groups in total. The number of fused-ring (bicyclic) bond motifs is 1. The highest BCUT2D eigenvalue weighted by Crippen LogP contribution is 2.25. The van der Waals surface area contributed by atoms with Gasteiger partial charge in [-0.1, -0.05) is 18.2 Å². The fourth-order valence-electron chi connectivity index (χ4n) is 3.55. The Morgan fingerprint density at radius 2 is 1.86 bits per heavy atom. The number of piperazine rings is 1. The number of carbonyl (C=O) groups excluding carboxylic acids is 1. The Morgan fingerprint density at radius 3 is 2.62 bits per heavy atom. The van der Waals surface area contributed by atoms with Gasteiger partial charge in [-0.15, -0.1) is 0 Å². The first-order chi connectivity index (χ1) is 14.3. The summed E-state index contributed by atoms with van der Waals surface area (Å²) in [5.41, 5.74) is 1.91. The van der Waals surface area contributed by atoms with E-state index in [0.29, 0.717) is 18.8 Å². The van der Waals surface area contributed by atoms with Crippen LogP contribution >= 0.6 is 0 Å². The number of benzene rings is 1. The predicted octanol–water partition coefficient (Wildman–Crippen LogP) is 0.916. The van der Waals surface area contributed by atoms with Crippen molar-refractivity contribution >= 4 is 28.4 Å². The zero-order valence-corrected chi connectivity index (χ0v) is 16.5. The molecule has 152 valence electrons. The summed E-state index contributed by atoms with van der Waals surface area (Å²) in [5, 5.41) is 8.03. The average molecular weight is 395 g/mol. The van der Waals surface area contributed by atoms with Crippen LogP contribution in [0.3, 0.4) is 0 Å². The highest BCUT2D eigenvalue weighted by molar-refractivity contribution is 5.88. The maximum atomic E-state index is 12.1. The summed E-state index contributed by atoms with van der Waals surface area (Å²) in [6.45, 7) is 4.64. The number of rotatable bonds is 7. The number of methoxy groups -OCH3 is 1. The fraction of sp³-hybridized carbons (Fsp3) is 0.400. The van der Waals surface area contributed by atoms with E-state index in [2.05, 4.69) is 54.4 Å². The van der Waals surface area contributed by atoms with Crippen LogP contribution in [-0.4, -0.2) is 72.1 Å². The minimum absolute atomic E-state index is 0.117. The Labute approximate surface area is 169 Å². The molecular weight excluding hydrogens is 370 g/mol. The Balaban J connectivity index is 1.45. The molecule has 3 aromatic rings. The molecule has 29 heavy (non-hydrogen) atoms. The second-order valence-electron chi connectivity index (χ2n) is 6.89. The lowest BCUT2D eigenvalue weighted by Crippen LogP contribution is -2.46. The summed E-state index contributed by atoms with van der Waals surface area (Å²) in [6, 6.07) is 10.4. The molecule has 1 fully saturated rings. The molecule has 1 amide bonds. The van der Waals surface area contributed by atoms with E-state index in [9.17, 15) is 4.79 Å². The number of ether oxygens (including phenoxy) is 1. The molecule has 1 aliphatic heterocycles. The van der Waals surface area contributed by atoms with Crippen molar-refractivity contribution in [2.45, 2.75) is 6.54 Å². The molecule has 2 aromatic heterocycles. The maximum absolute atomic E-state index is 12.1. The third kappa shape index (κ3) is 4.29. The van der Waals surface area contributed by atoms with Gasteiger partial charge in [0.1, 0.15) is 18.7 Å². The summed E-state index contributed by atoms with van der Waals surface area (Å²) in [5.74, 6) is 0.748. The first kappa shape index (κ1) is 19.1. The Kier molecular flexibility index (Phi) is 5.85. The smallest absolute Gasteiger partial charge is 0.241 e. The van der Waals surface area contributed by atoms with Gasteiger partial charge in [-0.3, -0.25) is 4.79 Å². The van der Waals surface area contributed by atoms with Crippen LogP contribution in [0.1, 0.15) is 0 Å². The molecule has 0 bridgehead atoms. The van der Waals surface area contributed by atoms with E-state index in [0.717, 1.165) is 37.4 Å². The zero-order valence-electron chi connectivity index (χ0n) is 16.5. The Bertz CT molecular complexity index is 952. The molecule has 9 nitrogen and oxygen atoms in total. The summed E-state index contributed by atoms with van der Waals surface area (Å²) < 4.78 is 6.56. The van der Waals surface area contributed by atoms with Gasteiger partial charge in [-0.2, -0.15) is 5.10 Å². The molecule has 0 unspecified atom stereocenters. The summed E-state index contributed by atoms with van der Waals surface area (Å²) in [6.07, 6.45) is 3.29. The normalized spacial score (nSPS) is 14.4. The highest BCUT2D eigenvalue weighted by Gasteiger charge is 2.21. The van der Waals surface area contributed by atoms with E-state index in [4.69, 9.17) is 4.74 Å². The monoisotopic (exact) mass is 395 g/mol. The number of carbonyl (C=O) groups is 1. The van der Waals surface area contributed by atoms with Crippen molar-refractivity contribution in [3.63, 3.8) is 0 Å². The van der Waals surface area contributed by atoms with Gasteiger partial charge in [0, 0.05) is 45.5 Å². The van der Waals surface area contributed by atoms with Crippen LogP contribution in [0, 0.1) is 0 Å². The third-order valence-corrected chi connectivity index (χ3v) is 5.03. The number of hydrogen-bond acceptors (Lipinski definition) is 7. The molecule has 0 radical (unpaired) electrons. The van der Waals surface area contributed by atoms with E-state index >= 15 is 0 Å². The van der Waals surface area contributed by atoms with Gasteiger partial charge in [0.15, 0.2) is 5.65 Å². The van der Waals surface area contributed by atoms with E-state index in [1.54, 1.807) is 24.3 Å². The highest BCUT2D eigenvalue weighted by atomic mass is 16.5. The van der Waals surface area contributed by atoms with Crippen molar-refractivity contribution in [2.75, 3.05) is 56.2 Å². The molecule has 1 aromatic carbocycles. The van der Waals surface area contributed by atoms with Crippen LogP contribution in [0.15, 0.2) is 42.9 Å². The van der Waals surface area contributed by atoms with Gasteiger partial charge in [0.25, 0.3) is 0 Å². The minimum Gasteiger partial charge on any atom is -0.383 e. The molecule has 3 heterocycles. The van der Waals surface area contributed by atoms with Gasteiger partial charge < -0.3 is 19.9 Å². The number of hydrogen-bond donors (Lipinski definition) is 1. The van der Waals surface area contributed by atoms with Crippen molar-refractivity contribution in [2.24, 2.45) is 0 Å². The van der Waals surface area contributed by atoms with Crippen LogP contribution in [0.4, 0.5) is 11.5 Å². The van der Waals surface area contributed by atoms with E-state index < -0.39 is 0 Å². The van der Waals surface area contributed by atoms with E-state index in [1.807, 2.05) is 6.07 Å². The standard InChI is InChI=1S/C20H25N7O2/c1-29-12-7-21-18(28)14-27-20-17(13-24-27)19(22-15-23-20)26-10-8-25(9-11-26)16-5-3-2-4-6-16/h2-6,13,15H,7-12,14H2,1H3,(H,21,28). The topological polar surface area (TPSA) is 88.4 Å². The number of nitrogens with zero attached hydrogens (tertiary/aromatic N) is 6. The lowest BCUT2D eigenvalue weighted by Gasteiger charge is -2.36. The van der Waals surface area contributed by atoms with Crippen molar-refractivity contribution in [3.05, 3.63) is 42.9 Å². The van der Waals surface area contributed by atoms with E-state index in [-0.39, 0.29) is 12.5 Å². The molecule has 0 atom stereocenters. The summed E-state index contributed by atoms with van der Waals surface area (Å²) in [4.78, 5) is 25.6. The predicted molar refractivity (Wildman–Crippen MR) is 111 cm³/mol. The Morgan fingerprint density at radius 1 is 1.10 bits per heavy atom. The lowest BCUT2D eigenvalue weighted by atomic mass is 10.2. The third-order valence-electron chi connectivity index (χ3n) is 5.03. The van der Waals surface area contributed by atoms with Gasteiger partial charge in [-0.25, -0.2) is 14.6 Å². The second-order valence-corrected chi connectivity index (χ2v) is 6.89. The fourth-order valence-corrected chi connectivity index (χ4v) is 3.55. The number of para-hydroxylation sites is 1. The van der Waals surface area contributed by atoms with Crippen molar-refractivity contribution in [1.29, 1.82) is 0 Å². The molecule has 0 aliphatic carbocycles. The first-order valence-electron chi connectivity index (χ1n) is 9.73. The molecule has 0 saturated carbocycles. The molecule has 9 heteroatoms. The van der Waals surface area contributed by atoms with Gasteiger partial charge in [-0.05, 0) is 12.1 Å². The summed E-state index contributed by atoms with van der Waals surface area (Å²) in [7, 11) is 1.60. The first-order valence-corrected chi connectivity index (χ1v) is 9.73. The van der Waals surface area contributed by atoms with E-state index in [1.165, 1.54) is 5.69 Å². The van der Waals surface area contributed by atoms with Crippen LogP contribution in [0.2, 0.25) is 0 Å². The molecule has 1 saturated heterocycles. The number of nitrogens with one attached hydrogen (secondary N) is 1. The number of aromatic nitrogens is 4. The molecule has 0 spiro atoms. The van der Waals surface area contributed by atoms with Crippen molar-refractivity contribution in [1.82, 2.24) is 25.1 Å². The lowest BCUT2D eigenvalue weighted by molar-refractivity contribution is -0.121. The van der Waals surface area contributed by atoms with Gasteiger partial charge in [0.05, 0.1) is 18.2 Å². The average Bonchev–Trinajstić information content (AvgIpc) is 3.17. The minimum atomic E-state index is -0.122. The molecular formula is C20H25N7O2.